The molecule has 0 fully saturated rings. The van der Waals surface area contributed by atoms with Crippen LogP contribution in [0.15, 0.2) is 12.3 Å². The van der Waals surface area contributed by atoms with Crippen molar-refractivity contribution in [3.63, 3.8) is 0 Å². The molecule has 0 spiro atoms. The lowest BCUT2D eigenvalue weighted by Gasteiger charge is -2.17. The topological polar surface area (TPSA) is 35.5 Å². The maximum absolute atomic E-state index is 10.5. The zero-order valence-electron chi connectivity index (χ0n) is 7.38. The van der Waals surface area contributed by atoms with Crippen LogP contribution in [-0.2, 0) is 14.3 Å². The molecule has 64 valence electrons. The molecule has 0 heterocycles. The van der Waals surface area contributed by atoms with Gasteiger partial charge in [-0.15, -0.1) is 0 Å². The van der Waals surface area contributed by atoms with E-state index in [4.69, 9.17) is 4.74 Å². The molecule has 3 heteroatoms. The van der Waals surface area contributed by atoms with Crippen LogP contribution in [0.4, 0.5) is 0 Å². The fraction of sp³-hybridized carbons (Fsp3) is 0.625. The molecule has 0 rings (SSSR count). The third kappa shape index (κ3) is 6.90. The summed E-state index contributed by atoms with van der Waals surface area (Å²) in [6.45, 7) is 5.69. The Bertz CT molecular complexity index is 153. The molecule has 0 aliphatic rings. The van der Waals surface area contributed by atoms with Crippen LogP contribution in [0.2, 0.25) is 0 Å². The molecule has 3 nitrogen and oxygen atoms in total. The van der Waals surface area contributed by atoms with Gasteiger partial charge in [0.1, 0.15) is 0 Å². The number of rotatable bonds is 2. The summed E-state index contributed by atoms with van der Waals surface area (Å²) in [6, 6.07) is 0. The summed E-state index contributed by atoms with van der Waals surface area (Å²) >= 11 is 0. The minimum absolute atomic E-state index is 0.259. The number of methoxy groups -OCH3 is 1. The summed E-state index contributed by atoms with van der Waals surface area (Å²) in [6.07, 6.45) is 2.58. The van der Waals surface area contributed by atoms with Crippen molar-refractivity contribution in [1.29, 1.82) is 0 Å². The number of esters is 1. The van der Waals surface area contributed by atoms with Crippen molar-refractivity contribution in [1.82, 2.24) is 0 Å². The third-order valence-corrected chi connectivity index (χ3v) is 0.827. The first-order valence-corrected chi connectivity index (χ1v) is 3.38. The van der Waals surface area contributed by atoms with Gasteiger partial charge in [-0.25, -0.2) is 4.79 Å². The second-order valence-electron chi connectivity index (χ2n) is 3.06. The SMILES string of the molecule is COC(=O)C=COC(C)(C)C. The number of hydrogen-bond donors (Lipinski definition) is 0. The van der Waals surface area contributed by atoms with Crippen molar-refractivity contribution in [3.05, 3.63) is 12.3 Å². The normalized spacial score (nSPS) is 11.6. The van der Waals surface area contributed by atoms with Gasteiger partial charge in [-0.2, -0.15) is 0 Å². The van der Waals surface area contributed by atoms with Gasteiger partial charge in [-0.3, -0.25) is 0 Å². The Morgan fingerprint density at radius 1 is 1.36 bits per heavy atom. The van der Waals surface area contributed by atoms with Crippen molar-refractivity contribution in [2.75, 3.05) is 7.11 Å². The van der Waals surface area contributed by atoms with E-state index in [-0.39, 0.29) is 5.60 Å². The van der Waals surface area contributed by atoms with Gasteiger partial charge < -0.3 is 9.47 Å². The number of carbonyl (C=O) groups is 1. The van der Waals surface area contributed by atoms with Gasteiger partial charge in [-0.05, 0) is 20.8 Å². The first-order chi connectivity index (χ1) is 4.95. The predicted molar refractivity (Wildman–Crippen MR) is 42.0 cm³/mol. The molecule has 0 aromatic heterocycles. The fourth-order valence-corrected chi connectivity index (χ4v) is 0.362. The molecule has 0 saturated carbocycles. The smallest absolute Gasteiger partial charge is 0.333 e. The van der Waals surface area contributed by atoms with Crippen molar-refractivity contribution in [2.24, 2.45) is 0 Å². The standard InChI is InChI=1S/C8H14O3/c1-8(2,3)11-6-5-7(9)10-4/h5-6H,1-4H3. The lowest BCUT2D eigenvalue weighted by Crippen LogP contribution is -2.15. The quantitative estimate of drug-likeness (QED) is 0.347. The molecule has 11 heavy (non-hydrogen) atoms. The van der Waals surface area contributed by atoms with Crippen LogP contribution in [0.3, 0.4) is 0 Å². The van der Waals surface area contributed by atoms with Gasteiger partial charge >= 0.3 is 5.97 Å². The highest BCUT2D eigenvalue weighted by Crippen LogP contribution is 2.06. The molecule has 0 aliphatic carbocycles. The monoisotopic (exact) mass is 158 g/mol. The third-order valence-electron chi connectivity index (χ3n) is 0.827. The lowest BCUT2D eigenvalue weighted by molar-refractivity contribution is -0.135. The first-order valence-electron chi connectivity index (χ1n) is 3.38. The maximum Gasteiger partial charge on any atom is 0.333 e. The molecule has 0 bridgehead atoms. The van der Waals surface area contributed by atoms with Crippen molar-refractivity contribution < 1.29 is 14.3 Å². The molecule has 0 aliphatic heterocycles. The van der Waals surface area contributed by atoms with E-state index in [0.717, 1.165) is 0 Å². The van der Waals surface area contributed by atoms with Crippen molar-refractivity contribution in [2.45, 2.75) is 26.4 Å². The molecule has 0 radical (unpaired) electrons. The zero-order chi connectivity index (χ0) is 8.91. The molecule has 0 atom stereocenters. The van der Waals surface area contributed by atoms with Gasteiger partial charge in [0.25, 0.3) is 0 Å². The van der Waals surface area contributed by atoms with Crippen LogP contribution in [0, 0.1) is 0 Å². The summed E-state index contributed by atoms with van der Waals surface area (Å²) in [5, 5.41) is 0. The van der Waals surface area contributed by atoms with E-state index in [9.17, 15) is 4.79 Å². The van der Waals surface area contributed by atoms with E-state index < -0.39 is 5.97 Å². The van der Waals surface area contributed by atoms with E-state index in [1.54, 1.807) is 0 Å². The second kappa shape index (κ2) is 4.01. The highest BCUT2D eigenvalue weighted by atomic mass is 16.5. The van der Waals surface area contributed by atoms with Crippen molar-refractivity contribution in [3.8, 4) is 0 Å². The highest BCUT2D eigenvalue weighted by molar-refractivity contribution is 5.81. The maximum atomic E-state index is 10.5. The summed E-state index contributed by atoms with van der Waals surface area (Å²) < 4.78 is 9.48. The molecule has 0 unspecified atom stereocenters. The number of hydrogen-bond acceptors (Lipinski definition) is 3. The fourth-order valence-electron chi connectivity index (χ4n) is 0.362. The van der Waals surface area contributed by atoms with E-state index in [0.29, 0.717) is 0 Å². The largest absolute Gasteiger partial charge is 0.495 e. The van der Waals surface area contributed by atoms with Gasteiger partial charge in [0, 0.05) is 0 Å². The number of carbonyl (C=O) groups excluding carboxylic acids is 1. The Balaban J connectivity index is 3.70. The summed E-state index contributed by atoms with van der Waals surface area (Å²) in [5.41, 5.74) is -0.259. The zero-order valence-corrected chi connectivity index (χ0v) is 7.38. The first kappa shape index (κ1) is 10.0. The Labute approximate surface area is 67.0 Å². The molecular formula is C8H14O3. The number of ether oxygens (including phenoxy) is 2. The molecular weight excluding hydrogens is 144 g/mol. The van der Waals surface area contributed by atoms with Gasteiger partial charge in [0.15, 0.2) is 0 Å². The Morgan fingerprint density at radius 3 is 2.27 bits per heavy atom. The summed E-state index contributed by atoms with van der Waals surface area (Å²) in [5.74, 6) is -0.408. The Kier molecular flexibility index (Phi) is 3.65. The summed E-state index contributed by atoms with van der Waals surface area (Å²) in [4.78, 5) is 10.5. The van der Waals surface area contributed by atoms with E-state index in [2.05, 4.69) is 4.74 Å². The predicted octanol–water partition coefficient (Wildman–Crippen LogP) is 1.49. The van der Waals surface area contributed by atoms with Crippen LogP contribution >= 0.6 is 0 Å². The molecule has 0 amide bonds. The average Bonchev–Trinajstić information content (AvgIpc) is 1.85. The minimum Gasteiger partial charge on any atom is -0.495 e. The second-order valence-corrected chi connectivity index (χ2v) is 3.06. The van der Waals surface area contributed by atoms with Crippen LogP contribution < -0.4 is 0 Å². The molecule has 0 saturated heterocycles. The van der Waals surface area contributed by atoms with Gasteiger partial charge in [0.2, 0.25) is 0 Å². The highest BCUT2D eigenvalue weighted by Gasteiger charge is 2.07. The molecule has 0 N–H and O–H groups in total. The van der Waals surface area contributed by atoms with Gasteiger partial charge in [-0.1, -0.05) is 0 Å². The van der Waals surface area contributed by atoms with Gasteiger partial charge in [0.05, 0.1) is 25.0 Å². The molecule has 0 aromatic carbocycles. The van der Waals surface area contributed by atoms with E-state index in [1.807, 2.05) is 20.8 Å². The van der Waals surface area contributed by atoms with Crippen molar-refractivity contribution >= 4 is 5.97 Å². The Hall–Kier alpha value is -0.990. The van der Waals surface area contributed by atoms with E-state index >= 15 is 0 Å². The van der Waals surface area contributed by atoms with Crippen LogP contribution in [0.1, 0.15) is 20.8 Å². The lowest BCUT2D eigenvalue weighted by atomic mass is 10.2. The average molecular weight is 158 g/mol. The van der Waals surface area contributed by atoms with Crippen LogP contribution in [0.5, 0.6) is 0 Å². The summed E-state index contributed by atoms with van der Waals surface area (Å²) in [7, 11) is 1.32. The molecule has 0 aromatic rings. The minimum atomic E-state index is -0.408. The van der Waals surface area contributed by atoms with Crippen LogP contribution in [0.25, 0.3) is 0 Å². The van der Waals surface area contributed by atoms with E-state index in [1.165, 1.54) is 19.4 Å². The van der Waals surface area contributed by atoms with Crippen LogP contribution in [-0.4, -0.2) is 18.7 Å². The Morgan fingerprint density at radius 2 is 1.91 bits per heavy atom.